The number of nitrogens with zero attached hydrogens (tertiary/aromatic N) is 2. The summed E-state index contributed by atoms with van der Waals surface area (Å²) in [7, 11) is 0. The molecule has 0 saturated heterocycles. The van der Waals surface area contributed by atoms with E-state index in [0.29, 0.717) is 5.52 Å². The lowest BCUT2D eigenvalue weighted by Crippen LogP contribution is -2.05. The lowest BCUT2D eigenvalue weighted by Gasteiger charge is -2.07. The highest BCUT2D eigenvalue weighted by Crippen LogP contribution is 2.34. The third-order valence-corrected chi connectivity index (χ3v) is 2.11. The molecule has 2 aromatic rings. The van der Waals surface area contributed by atoms with Crippen LogP contribution in [-0.2, 0) is 0 Å². The number of hydrogen-bond donors (Lipinski definition) is 0. The molecule has 0 saturated carbocycles. The molecule has 0 N–H and O–H groups in total. The van der Waals surface area contributed by atoms with E-state index >= 15 is 0 Å². The molecule has 0 aliphatic rings. The van der Waals surface area contributed by atoms with E-state index in [1.54, 1.807) is 18.2 Å². The summed E-state index contributed by atoms with van der Waals surface area (Å²) in [5.74, 6) is -0.462. The second-order valence-electron chi connectivity index (χ2n) is 3.13. The Morgan fingerprint density at radius 2 is 2.06 bits per heavy atom. The van der Waals surface area contributed by atoms with E-state index in [0.717, 1.165) is 6.20 Å². The van der Waals surface area contributed by atoms with Gasteiger partial charge >= 0.3 is 12.3 Å². The molecule has 0 amide bonds. The van der Waals surface area contributed by atoms with Crippen molar-refractivity contribution in [2.24, 2.45) is 0 Å². The summed E-state index contributed by atoms with van der Waals surface area (Å²) in [4.78, 5) is 13.7. The van der Waals surface area contributed by atoms with E-state index in [2.05, 4.69) is 9.72 Å². The van der Waals surface area contributed by atoms with E-state index in [1.165, 1.54) is 6.07 Å². The average molecular weight is 240 g/mol. The van der Waals surface area contributed by atoms with Gasteiger partial charge < -0.3 is 4.74 Å². The van der Waals surface area contributed by atoms with Crippen LogP contribution in [0.1, 0.15) is 0 Å². The third-order valence-electron chi connectivity index (χ3n) is 2.11. The molecular weight excluding hydrogens is 234 g/mol. The molecule has 5 nitrogen and oxygen atoms in total. The van der Waals surface area contributed by atoms with Crippen LogP contribution in [0.2, 0.25) is 0 Å². The first kappa shape index (κ1) is 11.2. The zero-order chi connectivity index (χ0) is 12.4. The van der Waals surface area contributed by atoms with Crippen LogP contribution in [0.3, 0.4) is 0 Å². The van der Waals surface area contributed by atoms with Crippen LogP contribution >= 0.6 is 0 Å². The Morgan fingerprint density at radius 1 is 1.35 bits per heavy atom. The number of aromatic nitrogens is 1. The molecule has 0 unspecified atom stereocenters. The van der Waals surface area contributed by atoms with E-state index in [1.807, 2.05) is 0 Å². The molecule has 88 valence electrons. The van der Waals surface area contributed by atoms with Crippen LogP contribution in [0, 0.1) is 10.1 Å². The molecular formula is C10H6F2N2O3. The Morgan fingerprint density at radius 3 is 2.71 bits per heavy atom. The molecule has 7 heteroatoms. The van der Waals surface area contributed by atoms with Gasteiger partial charge in [0.25, 0.3) is 0 Å². The Hall–Kier alpha value is -2.31. The van der Waals surface area contributed by atoms with E-state index in [9.17, 15) is 18.9 Å². The summed E-state index contributed by atoms with van der Waals surface area (Å²) in [6, 6.07) is 6.20. The van der Waals surface area contributed by atoms with Crippen molar-refractivity contribution in [2.75, 3.05) is 0 Å². The first-order valence-electron chi connectivity index (χ1n) is 4.56. The number of halogens is 2. The van der Waals surface area contributed by atoms with Crippen molar-refractivity contribution in [3.8, 4) is 5.75 Å². The Bertz CT molecular complexity index is 574. The highest BCUT2D eigenvalue weighted by molar-refractivity contribution is 5.88. The minimum atomic E-state index is -3.13. The van der Waals surface area contributed by atoms with Gasteiger partial charge in [0.1, 0.15) is 6.20 Å². The predicted octanol–water partition coefficient (Wildman–Crippen LogP) is 2.74. The van der Waals surface area contributed by atoms with E-state index < -0.39 is 23.0 Å². The summed E-state index contributed by atoms with van der Waals surface area (Å²) in [5, 5.41) is 10.9. The van der Waals surface area contributed by atoms with Gasteiger partial charge in [-0.2, -0.15) is 8.78 Å². The van der Waals surface area contributed by atoms with Crippen molar-refractivity contribution in [1.82, 2.24) is 4.98 Å². The lowest BCUT2D eigenvalue weighted by molar-refractivity contribution is -0.386. The van der Waals surface area contributed by atoms with Gasteiger partial charge in [0.15, 0.2) is 0 Å². The van der Waals surface area contributed by atoms with Crippen LogP contribution in [0.5, 0.6) is 5.75 Å². The summed E-state index contributed by atoms with van der Waals surface area (Å²) in [6.45, 7) is -3.13. The zero-order valence-corrected chi connectivity index (χ0v) is 8.34. The molecule has 0 bridgehead atoms. The van der Waals surface area contributed by atoms with Crippen molar-refractivity contribution in [3.63, 3.8) is 0 Å². The minimum Gasteiger partial charge on any atom is -0.427 e. The highest BCUT2D eigenvalue weighted by atomic mass is 19.3. The molecule has 0 fully saturated rings. The summed E-state index contributed by atoms with van der Waals surface area (Å²) < 4.78 is 28.7. The lowest BCUT2D eigenvalue weighted by atomic mass is 10.2. The van der Waals surface area contributed by atoms with Crippen molar-refractivity contribution in [1.29, 1.82) is 0 Å². The number of ether oxygens (including phenoxy) is 1. The molecule has 1 heterocycles. The molecule has 0 radical (unpaired) electrons. The van der Waals surface area contributed by atoms with Gasteiger partial charge in [-0.25, -0.2) is 4.98 Å². The second kappa shape index (κ2) is 4.28. The summed E-state index contributed by atoms with van der Waals surface area (Å²) in [5.41, 5.74) is -0.224. The van der Waals surface area contributed by atoms with Crippen molar-refractivity contribution < 1.29 is 18.4 Å². The van der Waals surface area contributed by atoms with E-state index in [-0.39, 0.29) is 5.39 Å². The van der Waals surface area contributed by atoms with Crippen molar-refractivity contribution >= 4 is 16.6 Å². The first-order chi connectivity index (χ1) is 8.09. The van der Waals surface area contributed by atoms with Crippen LogP contribution in [0.15, 0.2) is 30.5 Å². The van der Waals surface area contributed by atoms with E-state index in [4.69, 9.17) is 0 Å². The van der Waals surface area contributed by atoms with Gasteiger partial charge in [-0.15, -0.1) is 0 Å². The zero-order valence-electron chi connectivity index (χ0n) is 8.34. The molecule has 0 aliphatic carbocycles. The number of benzene rings is 1. The fourth-order valence-electron chi connectivity index (χ4n) is 1.45. The molecule has 0 atom stereocenters. The van der Waals surface area contributed by atoms with Gasteiger partial charge in [0.2, 0.25) is 5.75 Å². The van der Waals surface area contributed by atoms with Crippen LogP contribution in [0.25, 0.3) is 10.9 Å². The number of alkyl halides is 2. The highest BCUT2D eigenvalue weighted by Gasteiger charge is 2.22. The fraction of sp³-hybridized carbons (Fsp3) is 0.100. The molecule has 1 aromatic carbocycles. The minimum absolute atomic E-state index is 0.182. The fourth-order valence-corrected chi connectivity index (χ4v) is 1.45. The third kappa shape index (κ3) is 2.12. The van der Waals surface area contributed by atoms with Gasteiger partial charge in [-0.05, 0) is 12.1 Å². The van der Waals surface area contributed by atoms with Gasteiger partial charge in [0, 0.05) is 5.39 Å². The van der Waals surface area contributed by atoms with Crippen molar-refractivity contribution in [2.45, 2.75) is 6.61 Å². The topological polar surface area (TPSA) is 65.3 Å². The first-order valence-corrected chi connectivity index (χ1v) is 4.56. The molecule has 0 spiro atoms. The van der Waals surface area contributed by atoms with Crippen molar-refractivity contribution in [3.05, 3.63) is 40.6 Å². The number of hydrogen-bond acceptors (Lipinski definition) is 4. The van der Waals surface area contributed by atoms with Crippen LogP contribution in [0.4, 0.5) is 14.5 Å². The summed E-state index contributed by atoms with van der Waals surface area (Å²) >= 11 is 0. The molecule has 1 aromatic heterocycles. The molecule has 2 rings (SSSR count). The maximum Gasteiger partial charge on any atom is 0.387 e. The monoisotopic (exact) mass is 240 g/mol. The summed E-state index contributed by atoms with van der Waals surface area (Å²) in [6.07, 6.45) is 0.903. The quantitative estimate of drug-likeness (QED) is 0.611. The van der Waals surface area contributed by atoms with Gasteiger partial charge in [-0.3, -0.25) is 10.1 Å². The molecule has 0 aliphatic heterocycles. The number of fused-ring (bicyclic) bond motifs is 1. The number of para-hydroxylation sites is 1. The number of rotatable bonds is 3. The average Bonchev–Trinajstić information content (AvgIpc) is 2.28. The maximum absolute atomic E-state index is 12.2. The number of nitro groups is 1. The Labute approximate surface area is 93.8 Å². The standard InChI is InChI=1S/C10H6F2N2O3/c11-10(12)17-9-6-3-1-2-4-7(6)13-5-8(9)14(15)16/h1-5,10H. The van der Waals surface area contributed by atoms with Crippen LogP contribution < -0.4 is 4.74 Å². The molecule has 17 heavy (non-hydrogen) atoms. The van der Waals surface area contributed by atoms with Gasteiger partial charge in [-0.1, -0.05) is 12.1 Å². The van der Waals surface area contributed by atoms with Crippen LogP contribution in [-0.4, -0.2) is 16.5 Å². The smallest absolute Gasteiger partial charge is 0.387 e. The maximum atomic E-state index is 12.2. The largest absolute Gasteiger partial charge is 0.427 e. The predicted molar refractivity (Wildman–Crippen MR) is 55.0 cm³/mol. The Balaban J connectivity index is 2.70. The number of pyridine rings is 1. The second-order valence-corrected chi connectivity index (χ2v) is 3.13. The SMILES string of the molecule is O=[N+]([O-])c1cnc2ccccc2c1OC(F)F. The Kier molecular flexibility index (Phi) is 2.82. The van der Waals surface area contributed by atoms with Gasteiger partial charge in [0.05, 0.1) is 10.4 Å². The normalized spacial score (nSPS) is 10.8.